The number of hydrogen-bond acceptors (Lipinski definition) is 3. The summed E-state index contributed by atoms with van der Waals surface area (Å²) in [7, 11) is 0. The van der Waals surface area contributed by atoms with E-state index >= 15 is 0 Å². The second kappa shape index (κ2) is 6.93. The second-order valence-corrected chi connectivity index (χ2v) is 8.28. The van der Waals surface area contributed by atoms with E-state index in [2.05, 4.69) is 15.6 Å². The summed E-state index contributed by atoms with van der Waals surface area (Å²) in [6.45, 7) is 1.17. The van der Waals surface area contributed by atoms with Crippen molar-refractivity contribution < 1.29 is 9.59 Å². The Hall–Kier alpha value is -2.89. The molecule has 3 aliphatic rings. The Balaban J connectivity index is 1.17. The largest absolute Gasteiger partial charge is 0.326 e. The van der Waals surface area contributed by atoms with Gasteiger partial charge >= 0.3 is 6.03 Å². The van der Waals surface area contributed by atoms with Gasteiger partial charge in [-0.1, -0.05) is 6.42 Å². The minimum absolute atomic E-state index is 0.130. The highest BCUT2D eigenvalue weighted by Crippen LogP contribution is 2.48. The third-order valence-corrected chi connectivity index (χ3v) is 6.49. The third-order valence-electron chi connectivity index (χ3n) is 6.49. The number of pyridine rings is 1. The lowest BCUT2D eigenvalue weighted by molar-refractivity contribution is -0.121. The van der Waals surface area contributed by atoms with Crippen LogP contribution in [-0.2, 0) is 17.9 Å². The van der Waals surface area contributed by atoms with Crippen molar-refractivity contribution in [2.75, 3.05) is 10.6 Å². The Morgan fingerprint density at radius 3 is 2.36 bits per heavy atom. The molecule has 2 heterocycles. The second-order valence-electron chi connectivity index (χ2n) is 8.28. The lowest BCUT2D eigenvalue weighted by Gasteiger charge is -2.21. The van der Waals surface area contributed by atoms with Gasteiger partial charge in [-0.2, -0.15) is 0 Å². The quantitative estimate of drug-likeness (QED) is 0.850. The number of anilines is 2. The summed E-state index contributed by atoms with van der Waals surface area (Å²) < 4.78 is 0. The molecule has 2 aliphatic carbocycles. The molecule has 2 saturated carbocycles. The fourth-order valence-electron chi connectivity index (χ4n) is 5.00. The summed E-state index contributed by atoms with van der Waals surface area (Å²) in [5.41, 5.74) is 3.74. The summed E-state index contributed by atoms with van der Waals surface area (Å²) in [5.74, 6) is 1.64. The summed E-state index contributed by atoms with van der Waals surface area (Å²) in [5, 5.41) is 5.98. The van der Waals surface area contributed by atoms with Crippen molar-refractivity contribution >= 4 is 23.3 Å². The molecule has 1 aromatic carbocycles. The van der Waals surface area contributed by atoms with Gasteiger partial charge in [-0.25, -0.2) is 4.79 Å². The Morgan fingerprint density at radius 1 is 0.929 bits per heavy atom. The van der Waals surface area contributed by atoms with Gasteiger partial charge < -0.3 is 15.5 Å². The van der Waals surface area contributed by atoms with Gasteiger partial charge in [0.15, 0.2) is 0 Å². The standard InChI is InChI=1S/C22H24N4O2/c27-21(20-10-14-1-2-15(20)9-14)24-18-3-5-19(6-4-18)25-22(28)26-12-16-7-8-23-11-17(16)13-26/h3-8,11,14-15,20H,1-2,9-10,12-13H2,(H,24,27)(H,25,28). The Morgan fingerprint density at radius 2 is 1.68 bits per heavy atom. The van der Waals surface area contributed by atoms with Crippen LogP contribution in [0.25, 0.3) is 0 Å². The number of benzene rings is 1. The van der Waals surface area contributed by atoms with E-state index in [1.807, 2.05) is 36.5 Å². The van der Waals surface area contributed by atoms with Crippen molar-refractivity contribution in [3.05, 3.63) is 53.9 Å². The van der Waals surface area contributed by atoms with Crippen LogP contribution in [0.2, 0.25) is 0 Å². The van der Waals surface area contributed by atoms with Crippen LogP contribution in [0.1, 0.15) is 36.8 Å². The first-order valence-corrected chi connectivity index (χ1v) is 10.0. The Labute approximate surface area is 164 Å². The zero-order valence-corrected chi connectivity index (χ0v) is 15.7. The minimum atomic E-state index is -0.130. The number of rotatable bonds is 3. The van der Waals surface area contributed by atoms with E-state index in [-0.39, 0.29) is 17.9 Å². The third kappa shape index (κ3) is 3.23. The van der Waals surface area contributed by atoms with Crippen LogP contribution in [0, 0.1) is 17.8 Å². The molecule has 3 atom stereocenters. The van der Waals surface area contributed by atoms with Crippen molar-refractivity contribution in [1.29, 1.82) is 0 Å². The van der Waals surface area contributed by atoms with Crippen molar-refractivity contribution in [3.8, 4) is 0 Å². The van der Waals surface area contributed by atoms with Crippen LogP contribution < -0.4 is 10.6 Å². The van der Waals surface area contributed by atoms with E-state index in [1.54, 1.807) is 11.1 Å². The summed E-state index contributed by atoms with van der Waals surface area (Å²) in [6.07, 6.45) is 8.32. The smallest absolute Gasteiger partial charge is 0.322 e. The first-order chi connectivity index (χ1) is 13.7. The average Bonchev–Trinajstić information content (AvgIpc) is 3.44. The molecule has 2 fully saturated rings. The highest BCUT2D eigenvalue weighted by molar-refractivity contribution is 5.94. The molecule has 0 spiro atoms. The summed E-state index contributed by atoms with van der Waals surface area (Å²) in [4.78, 5) is 31.0. The first-order valence-electron chi connectivity index (χ1n) is 10.0. The number of urea groups is 1. The molecule has 0 radical (unpaired) electrons. The molecule has 5 rings (SSSR count). The number of nitrogens with one attached hydrogen (secondary N) is 2. The van der Waals surface area contributed by atoms with Crippen molar-refractivity contribution in [1.82, 2.24) is 9.88 Å². The predicted molar refractivity (Wildman–Crippen MR) is 107 cm³/mol. The fourth-order valence-corrected chi connectivity index (χ4v) is 5.00. The van der Waals surface area contributed by atoms with Gasteiger partial charge in [0.05, 0.1) is 0 Å². The minimum Gasteiger partial charge on any atom is -0.326 e. The zero-order valence-electron chi connectivity index (χ0n) is 15.7. The number of aromatic nitrogens is 1. The maximum Gasteiger partial charge on any atom is 0.322 e. The molecular weight excluding hydrogens is 352 g/mol. The fraction of sp³-hybridized carbons (Fsp3) is 0.409. The van der Waals surface area contributed by atoms with Crippen LogP contribution in [0.4, 0.5) is 16.2 Å². The van der Waals surface area contributed by atoms with Crippen LogP contribution >= 0.6 is 0 Å². The van der Waals surface area contributed by atoms with E-state index in [9.17, 15) is 9.59 Å². The Kier molecular flexibility index (Phi) is 4.26. The Bertz CT molecular complexity index is 886. The van der Waals surface area contributed by atoms with E-state index in [0.29, 0.717) is 19.0 Å². The van der Waals surface area contributed by atoms with Crippen molar-refractivity contribution in [3.63, 3.8) is 0 Å². The molecule has 2 aromatic rings. The van der Waals surface area contributed by atoms with Gasteiger partial charge in [0, 0.05) is 42.8 Å². The van der Waals surface area contributed by atoms with Gasteiger partial charge in [-0.05, 0) is 72.6 Å². The van der Waals surface area contributed by atoms with Crippen LogP contribution in [0.15, 0.2) is 42.7 Å². The lowest BCUT2D eigenvalue weighted by Crippen LogP contribution is -2.30. The zero-order chi connectivity index (χ0) is 19.1. The normalized spacial score (nSPS) is 24.9. The lowest BCUT2D eigenvalue weighted by atomic mass is 9.88. The highest BCUT2D eigenvalue weighted by Gasteiger charge is 2.43. The SMILES string of the molecule is O=C(Nc1ccc(NC(=O)N2Cc3ccncc3C2)cc1)C1CC2CCC1C2. The molecule has 144 valence electrons. The molecule has 28 heavy (non-hydrogen) atoms. The molecule has 6 heteroatoms. The topological polar surface area (TPSA) is 74.3 Å². The molecule has 0 saturated heterocycles. The number of nitrogens with zero attached hydrogens (tertiary/aromatic N) is 2. The maximum atomic E-state index is 12.6. The number of carbonyl (C=O) groups is 2. The monoisotopic (exact) mass is 376 g/mol. The number of carbonyl (C=O) groups excluding carboxylic acids is 2. The van der Waals surface area contributed by atoms with Crippen LogP contribution in [0.3, 0.4) is 0 Å². The first kappa shape index (κ1) is 17.2. The molecule has 6 nitrogen and oxygen atoms in total. The van der Waals surface area contributed by atoms with E-state index in [0.717, 1.165) is 34.8 Å². The molecule has 3 amide bonds. The van der Waals surface area contributed by atoms with E-state index in [4.69, 9.17) is 0 Å². The van der Waals surface area contributed by atoms with Crippen molar-refractivity contribution in [2.45, 2.75) is 38.8 Å². The molecular formula is C22H24N4O2. The van der Waals surface area contributed by atoms with Gasteiger partial charge in [0.2, 0.25) is 5.91 Å². The highest BCUT2D eigenvalue weighted by atomic mass is 16.2. The van der Waals surface area contributed by atoms with Gasteiger partial charge in [-0.3, -0.25) is 9.78 Å². The summed E-state index contributed by atoms with van der Waals surface area (Å²) >= 11 is 0. The van der Waals surface area contributed by atoms with E-state index in [1.165, 1.54) is 19.3 Å². The molecule has 1 aromatic heterocycles. The van der Waals surface area contributed by atoms with Gasteiger partial charge in [0.1, 0.15) is 0 Å². The van der Waals surface area contributed by atoms with E-state index < -0.39 is 0 Å². The van der Waals surface area contributed by atoms with Gasteiger partial charge in [-0.15, -0.1) is 0 Å². The van der Waals surface area contributed by atoms with Crippen molar-refractivity contribution in [2.24, 2.45) is 17.8 Å². The van der Waals surface area contributed by atoms with Crippen LogP contribution in [0.5, 0.6) is 0 Å². The molecule has 3 unspecified atom stereocenters. The number of fused-ring (bicyclic) bond motifs is 3. The number of hydrogen-bond donors (Lipinski definition) is 2. The van der Waals surface area contributed by atoms with Crippen LogP contribution in [-0.4, -0.2) is 21.8 Å². The van der Waals surface area contributed by atoms with Gasteiger partial charge in [0.25, 0.3) is 0 Å². The average molecular weight is 376 g/mol. The number of amides is 3. The maximum absolute atomic E-state index is 12.6. The summed E-state index contributed by atoms with van der Waals surface area (Å²) in [6, 6.07) is 9.19. The molecule has 2 bridgehead atoms. The predicted octanol–water partition coefficient (Wildman–Crippen LogP) is 4.00. The molecule has 1 aliphatic heterocycles. The molecule has 2 N–H and O–H groups in total.